The highest BCUT2D eigenvalue weighted by atomic mass is 32.1. The van der Waals surface area contributed by atoms with Crippen molar-refractivity contribution in [3.63, 3.8) is 0 Å². The van der Waals surface area contributed by atoms with E-state index >= 15 is 0 Å². The van der Waals surface area contributed by atoms with Crippen molar-refractivity contribution in [2.45, 2.75) is 6.04 Å². The van der Waals surface area contributed by atoms with Gasteiger partial charge in [0.25, 0.3) is 5.91 Å². The Morgan fingerprint density at radius 2 is 1.93 bits per heavy atom. The van der Waals surface area contributed by atoms with Gasteiger partial charge in [-0.2, -0.15) is 0 Å². The molecule has 1 atom stereocenters. The maximum absolute atomic E-state index is 12.6. The molecule has 0 unspecified atom stereocenters. The molecule has 1 amide bonds. The van der Waals surface area contributed by atoms with Crippen molar-refractivity contribution in [2.75, 3.05) is 34.9 Å². The van der Waals surface area contributed by atoms with Gasteiger partial charge in [0.05, 0.1) is 50.6 Å². The van der Waals surface area contributed by atoms with Crippen LogP contribution in [0.15, 0.2) is 41.9 Å². The standard InChI is InChI=1S/C20H23N3O3S/c1-23(2)16(13-6-8-17(25-3)18(9-13)26-4)11-21-20(24)14-5-7-15-19(10-14)27-12-22-15/h5-10,12,16H,11H2,1-4H3,(H,21,24)/p+1/t16-/m1/s1. The quantitative estimate of drug-likeness (QED) is 0.651. The summed E-state index contributed by atoms with van der Waals surface area (Å²) >= 11 is 1.53. The average molecular weight is 386 g/mol. The number of rotatable bonds is 7. The minimum absolute atomic E-state index is 0.0842. The van der Waals surface area contributed by atoms with Gasteiger partial charge in [-0.05, 0) is 36.4 Å². The number of hydrogen-bond acceptors (Lipinski definition) is 5. The Bertz CT molecular complexity index is 939. The number of fused-ring (bicyclic) bond motifs is 1. The molecule has 3 rings (SSSR count). The van der Waals surface area contributed by atoms with E-state index in [9.17, 15) is 4.79 Å². The lowest BCUT2D eigenvalue weighted by Crippen LogP contribution is -3.07. The van der Waals surface area contributed by atoms with Crippen LogP contribution in [0.2, 0.25) is 0 Å². The van der Waals surface area contributed by atoms with Crippen LogP contribution in [0.5, 0.6) is 11.5 Å². The van der Waals surface area contributed by atoms with E-state index in [4.69, 9.17) is 9.47 Å². The Hall–Kier alpha value is -2.64. The Morgan fingerprint density at radius 3 is 2.63 bits per heavy atom. The number of aromatic nitrogens is 1. The Morgan fingerprint density at radius 1 is 1.15 bits per heavy atom. The maximum Gasteiger partial charge on any atom is 0.251 e. The van der Waals surface area contributed by atoms with Crippen LogP contribution in [0.25, 0.3) is 10.2 Å². The van der Waals surface area contributed by atoms with E-state index in [0.717, 1.165) is 15.8 Å². The smallest absolute Gasteiger partial charge is 0.251 e. The third-order valence-corrected chi connectivity index (χ3v) is 5.36. The zero-order valence-corrected chi connectivity index (χ0v) is 16.7. The fourth-order valence-corrected chi connectivity index (χ4v) is 3.73. The lowest BCUT2D eigenvalue weighted by atomic mass is 10.0. The molecule has 1 heterocycles. The van der Waals surface area contributed by atoms with Gasteiger partial charge in [0.2, 0.25) is 0 Å². The molecule has 0 aliphatic carbocycles. The molecule has 0 aliphatic heterocycles. The number of benzene rings is 2. The fourth-order valence-electron chi connectivity index (χ4n) is 3.02. The molecular formula is C20H24N3O3S+. The SMILES string of the molecule is COc1ccc([C@@H](CNC(=O)c2ccc3ncsc3c2)[NH+](C)C)cc1OC. The number of thiazole rings is 1. The van der Waals surface area contributed by atoms with Crippen LogP contribution < -0.4 is 19.7 Å². The minimum atomic E-state index is -0.0861. The van der Waals surface area contributed by atoms with Crippen LogP contribution in [-0.2, 0) is 0 Å². The van der Waals surface area contributed by atoms with Crippen LogP contribution in [0, 0.1) is 0 Å². The number of carbonyl (C=O) groups is 1. The van der Waals surface area contributed by atoms with E-state index in [1.165, 1.54) is 16.2 Å². The molecule has 0 fully saturated rings. The summed E-state index contributed by atoms with van der Waals surface area (Å²) in [6.07, 6.45) is 0. The summed E-state index contributed by atoms with van der Waals surface area (Å²) < 4.78 is 11.7. The molecule has 0 saturated heterocycles. The number of carbonyl (C=O) groups excluding carboxylic acids is 1. The van der Waals surface area contributed by atoms with Gasteiger partial charge in [-0.15, -0.1) is 11.3 Å². The average Bonchev–Trinajstić information content (AvgIpc) is 3.15. The first kappa shape index (κ1) is 19.1. The number of methoxy groups -OCH3 is 2. The number of nitrogens with one attached hydrogen (secondary N) is 2. The summed E-state index contributed by atoms with van der Waals surface area (Å²) in [6, 6.07) is 11.5. The first-order valence-corrected chi connectivity index (χ1v) is 9.55. The molecular weight excluding hydrogens is 362 g/mol. The predicted octanol–water partition coefficient (Wildman–Crippen LogP) is 1.93. The van der Waals surface area contributed by atoms with Crippen molar-refractivity contribution in [3.05, 3.63) is 53.0 Å². The number of ether oxygens (including phenoxy) is 2. The molecule has 27 heavy (non-hydrogen) atoms. The summed E-state index contributed by atoms with van der Waals surface area (Å²) in [5, 5.41) is 3.05. The minimum Gasteiger partial charge on any atom is -0.493 e. The number of nitrogens with zero attached hydrogens (tertiary/aromatic N) is 1. The van der Waals surface area contributed by atoms with Gasteiger partial charge in [-0.25, -0.2) is 4.98 Å². The van der Waals surface area contributed by atoms with Crippen molar-refractivity contribution >= 4 is 27.5 Å². The number of hydrogen-bond donors (Lipinski definition) is 2. The van der Waals surface area contributed by atoms with Gasteiger partial charge < -0.3 is 19.7 Å². The number of amides is 1. The van der Waals surface area contributed by atoms with Gasteiger partial charge >= 0.3 is 0 Å². The highest BCUT2D eigenvalue weighted by molar-refractivity contribution is 7.16. The van der Waals surface area contributed by atoms with Crippen molar-refractivity contribution < 1.29 is 19.2 Å². The third-order valence-electron chi connectivity index (χ3n) is 4.57. The molecule has 7 heteroatoms. The van der Waals surface area contributed by atoms with E-state index in [-0.39, 0.29) is 11.9 Å². The molecule has 0 bridgehead atoms. The second-order valence-electron chi connectivity index (χ2n) is 6.49. The highest BCUT2D eigenvalue weighted by Crippen LogP contribution is 2.29. The van der Waals surface area contributed by atoms with Crippen molar-refractivity contribution in [1.82, 2.24) is 10.3 Å². The Kier molecular flexibility index (Phi) is 5.93. The van der Waals surface area contributed by atoms with Gasteiger partial charge in [-0.1, -0.05) is 0 Å². The maximum atomic E-state index is 12.6. The van der Waals surface area contributed by atoms with Crippen molar-refractivity contribution in [1.29, 1.82) is 0 Å². The van der Waals surface area contributed by atoms with Gasteiger partial charge in [0.15, 0.2) is 11.5 Å². The largest absolute Gasteiger partial charge is 0.493 e. The van der Waals surface area contributed by atoms with Crippen LogP contribution in [-0.4, -0.2) is 45.8 Å². The normalized spacial score (nSPS) is 12.2. The van der Waals surface area contributed by atoms with Crippen LogP contribution >= 0.6 is 11.3 Å². The molecule has 0 radical (unpaired) electrons. The Labute approximate surface area is 162 Å². The number of quaternary nitrogens is 1. The van der Waals surface area contributed by atoms with Crippen LogP contribution in [0.1, 0.15) is 22.0 Å². The lowest BCUT2D eigenvalue weighted by Gasteiger charge is -2.23. The zero-order chi connectivity index (χ0) is 19.4. The molecule has 2 N–H and O–H groups in total. The summed E-state index contributed by atoms with van der Waals surface area (Å²) in [5.74, 6) is 1.29. The molecule has 0 saturated carbocycles. The molecule has 2 aromatic carbocycles. The highest BCUT2D eigenvalue weighted by Gasteiger charge is 2.21. The van der Waals surface area contributed by atoms with Gasteiger partial charge in [0.1, 0.15) is 6.04 Å². The summed E-state index contributed by atoms with van der Waals surface area (Å²) in [6.45, 7) is 0.511. The first-order chi connectivity index (χ1) is 13.0. The van der Waals surface area contributed by atoms with Crippen molar-refractivity contribution in [3.8, 4) is 11.5 Å². The molecule has 1 aromatic heterocycles. The molecule has 3 aromatic rings. The summed E-state index contributed by atoms with van der Waals surface area (Å²) in [5.41, 5.74) is 4.42. The second-order valence-corrected chi connectivity index (χ2v) is 7.38. The van der Waals surface area contributed by atoms with E-state index < -0.39 is 0 Å². The van der Waals surface area contributed by atoms with Gasteiger partial charge in [0, 0.05) is 11.1 Å². The third kappa shape index (κ3) is 4.20. The summed E-state index contributed by atoms with van der Waals surface area (Å²) in [7, 11) is 7.37. The van der Waals surface area contributed by atoms with Gasteiger partial charge in [-0.3, -0.25) is 4.79 Å². The van der Waals surface area contributed by atoms with E-state index in [0.29, 0.717) is 23.6 Å². The van der Waals surface area contributed by atoms with Crippen LogP contribution in [0.4, 0.5) is 0 Å². The predicted molar refractivity (Wildman–Crippen MR) is 107 cm³/mol. The van der Waals surface area contributed by atoms with Crippen LogP contribution in [0.3, 0.4) is 0 Å². The Balaban J connectivity index is 1.75. The van der Waals surface area contributed by atoms with E-state index in [2.05, 4.69) is 24.4 Å². The lowest BCUT2D eigenvalue weighted by molar-refractivity contribution is -0.890. The van der Waals surface area contributed by atoms with E-state index in [1.54, 1.807) is 19.7 Å². The molecule has 142 valence electrons. The monoisotopic (exact) mass is 386 g/mol. The summed E-state index contributed by atoms with van der Waals surface area (Å²) in [4.78, 5) is 18.1. The van der Waals surface area contributed by atoms with Crippen molar-refractivity contribution in [2.24, 2.45) is 0 Å². The fraction of sp³-hybridized carbons (Fsp3) is 0.300. The first-order valence-electron chi connectivity index (χ1n) is 8.67. The number of likely N-dealkylation sites (N-methyl/N-ethyl adjacent to an activating group) is 1. The molecule has 6 nitrogen and oxygen atoms in total. The zero-order valence-electron chi connectivity index (χ0n) is 15.9. The molecule has 0 spiro atoms. The second kappa shape index (κ2) is 8.37. The molecule has 0 aliphatic rings. The van der Waals surface area contributed by atoms with E-state index in [1.807, 2.05) is 36.4 Å². The topological polar surface area (TPSA) is 64.9 Å².